The summed E-state index contributed by atoms with van der Waals surface area (Å²) in [6.07, 6.45) is 0. The predicted octanol–water partition coefficient (Wildman–Crippen LogP) is 3.23. The molecule has 0 aliphatic heterocycles. The first kappa shape index (κ1) is 18.2. The van der Waals surface area contributed by atoms with E-state index in [4.69, 9.17) is 18.0 Å². The highest BCUT2D eigenvalue weighted by atomic mass is 31.2. The molecule has 0 radical (unpaired) electrons. The van der Waals surface area contributed by atoms with E-state index < -0.39 is 19.1 Å². The average Bonchev–Trinajstić information content (AvgIpc) is 2.61. The minimum atomic E-state index is -2.94. The van der Waals surface area contributed by atoms with E-state index in [1.54, 1.807) is 24.3 Å². The molecule has 0 bridgehead atoms. The van der Waals surface area contributed by atoms with Crippen LogP contribution in [0, 0.1) is 0 Å². The number of carbonyl (C=O) groups is 1. The van der Waals surface area contributed by atoms with Gasteiger partial charge in [0.05, 0.1) is 0 Å². The van der Waals surface area contributed by atoms with Crippen molar-refractivity contribution in [3.63, 3.8) is 0 Å². The molecule has 0 saturated carbocycles. The third-order valence-electron chi connectivity index (χ3n) is 3.06. The molecule has 2 aromatic rings. The number of para-hydroxylation sites is 1. The lowest BCUT2D eigenvalue weighted by atomic mass is 10.1. The minimum absolute atomic E-state index is 0.0982. The highest BCUT2D eigenvalue weighted by Crippen LogP contribution is 2.50. The van der Waals surface area contributed by atoms with E-state index in [2.05, 4.69) is 15.2 Å². The van der Waals surface area contributed by atoms with Gasteiger partial charge in [-0.3, -0.25) is 4.79 Å². The standard InChI is InChI=1S/C14H16N3O6P/c1-20-24(21-2,22-3)17-16-15-9-12(18)11-8-10-6-4-5-7-13(10)23-14(11)19/h4-8H,9H2,1-3H3. The van der Waals surface area contributed by atoms with Crippen molar-refractivity contribution >= 4 is 24.5 Å². The average molecular weight is 353 g/mol. The van der Waals surface area contributed by atoms with E-state index in [1.807, 2.05) is 0 Å². The smallest absolute Gasteiger partial charge is 0.379 e. The van der Waals surface area contributed by atoms with Crippen molar-refractivity contribution in [1.29, 1.82) is 0 Å². The van der Waals surface area contributed by atoms with Gasteiger partial charge in [0.1, 0.15) is 17.7 Å². The van der Waals surface area contributed by atoms with Gasteiger partial charge < -0.3 is 18.0 Å². The fraction of sp³-hybridized carbons (Fsp3) is 0.286. The van der Waals surface area contributed by atoms with Gasteiger partial charge >= 0.3 is 13.4 Å². The van der Waals surface area contributed by atoms with Crippen molar-refractivity contribution < 1.29 is 22.8 Å². The van der Waals surface area contributed by atoms with E-state index >= 15 is 0 Å². The Balaban J connectivity index is 2.19. The summed E-state index contributed by atoms with van der Waals surface area (Å²) in [7, 11) is 1.12. The van der Waals surface area contributed by atoms with Crippen LogP contribution in [0.15, 0.2) is 54.7 Å². The van der Waals surface area contributed by atoms with E-state index in [0.717, 1.165) is 0 Å². The van der Waals surface area contributed by atoms with E-state index in [-0.39, 0.29) is 12.1 Å². The highest BCUT2D eigenvalue weighted by molar-refractivity contribution is 7.51. The summed E-state index contributed by atoms with van der Waals surface area (Å²) in [5.41, 5.74) is -0.414. The second-order valence-electron chi connectivity index (χ2n) is 4.40. The lowest BCUT2D eigenvalue weighted by Gasteiger charge is -2.14. The van der Waals surface area contributed by atoms with Gasteiger partial charge in [-0.15, -0.1) is 0 Å². The fourth-order valence-electron chi connectivity index (χ4n) is 1.85. The Bertz CT molecular complexity index is 857. The van der Waals surface area contributed by atoms with Crippen molar-refractivity contribution in [3.05, 3.63) is 46.3 Å². The zero-order chi connectivity index (χ0) is 17.6. The Hall–Kier alpha value is -2.19. The molecule has 0 atom stereocenters. The van der Waals surface area contributed by atoms with Gasteiger partial charge in [-0.2, -0.15) is 5.11 Å². The van der Waals surface area contributed by atoms with Crippen LogP contribution >= 0.6 is 7.74 Å². The molecule has 0 amide bonds. The summed E-state index contributed by atoms with van der Waals surface area (Å²) < 4.78 is 20.1. The van der Waals surface area contributed by atoms with Gasteiger partial charge in [-0.05, 0) is 17.4 Å². The van der Waals surface area contributed by atoms with Crippen LogP contribution in [0.4, 0.5) is 0 Å². The van der Waals surface area contributed by atoms with Crippen LogP contribution < -0.4 is 5.63 Å². The molecule has 1 aromatic carbocycles. The second-order valence-corrected chi connectivity index (χ2v) is 6.61. The van der Waals surface area contributed by atoms with Crippen LogP contribution in [-0.2, 0) is 13.6 Å². The number of nitrogens with zero attached hydrogens (tertiary/aromatic N) is 3. The summed E-state index contributed by atoms with van der Waals surface area (Å²) in [4.78, 5) is 27.7. The number of fused-ring (bicyclic) bond motifs is 1. The Morgan fingerprint density at radius 2 is 1.83 bits per heavy atom. The maximum absolute atomic E-state index is 12.1. The Kier molecular flexibility index (Phi) is 6.10. The number of hydrogen-bond donors (Lipinski definition) is 0. The third kappa shape index (κ3) is 4.01. The Morgan fingerprint density at radius 3 is 2.50 bits per heavy atom. The van der Waals surface area contributed by atoms with Gasteiger partial charge in [0.15, 0.2) is 5.78 Å². The van der Waals surface area contributed by atoms with Gasteiger partial charge in [-0.25, -0.2) is 4.79 Å². The normalized spacial score (nSPS) is 12.0. The lowest BCUT2D eigenvalue weighted by molar-refractivity contribution is 0.0996. The molecule has 0 N–H and O–H groups in total. The number of ketones is 1. The molecule has 1 heterocycles. The van der Waals surface area contributed by atoms with E-state index in [1.165, 1.54) is 27.4 Å². The van der Waals surface area contributed by atoms with Crippen LogP contribution in [0.2, 0.25) is 0 Å². The van der Waals surface area contributed by atoms with Crippen LogP contribution in [0.5, 0.6) is 0 Å². The number of Topliss-reactive ketones (excluding diaryl/α,β-unsaturated/α-hetero) is 1. The van der Waals surface area contributed by atoms with Gasteiger partial charge in [-0.1, -0.05) is 23.1 Å². The maximum Gasteiger partial charge on any atom is 0.379 e. The fourth-order valence-corrected chi connectivity index (χ4v) is 2.67. The summed E-state index contributed by atoms with van der Waals surface area (Å²) in [6, 6.07) is 8.36. The van der Waals surface area contributed by atoms with Crippen LogP contribution in [0.1, 0.15) is 10.4 Å². The first-order chi connectivity index (χ1) is 11.5. The maximum atomic E-state index is 12.1. The molecular weight excluding hydrogens is 337 g/mol. The minimum Gasteiger partial charge on any atom is -0.422 e. The van der Waals surface area contributed by atoms with Crippen LogP contribution in [-0.4, -0.2) is 33.7 Å². The third-order valence-corrected chi connectivity index (χ3v) is 4.74. The first-order valence-electron chi connectivity index (χ1n) is 6.76. The lowest BCUT2D eigenvalue weighted by Crippen LogP contribution is -2.15. The van der Waals surface area contributed by atoms with Gasteiger partial charge in [0.2, 0.25) is 0 Å². The monoisotopic (exact) mass is 353 g/mol. The van der Waals surface area contributed by atoms with Crippen molar-refractivity contribution in [1.82, 2.24) is 0 Å². The van der Waals surface area contributed by atoms with E-state index in [0.29, 0.717) is 11.0 Å². The molecule has 0 spiro atoms. The molecule has 0 aliphatic rings. The molecule has 24 heavy (non-hydrogen) atoms. The molecule has 128 valence electrons. The van der Waals surface area contributed by atoms with Gasteiger partial charge in [0, 0.05) is 26.7 Å². The Labute approximate surface area is 137 Å². The second kappa shape index (κ2) is 8.07. The molecule has 0 unspecified atom stereocenters. The van der Waals surface area contributed by atoms with Crippen LogP contribution in [0.3, 0.4) is 0 Å². The SMILES string of the molecule is COP(=NN=NCC(=O)c1cc2ccccc2oc1=O)(OC)OC. The topological polar surface area (TPSA) is 112 Å². The number of carbonyl (C=O) groups excluding carboxylic acids is 1. The molecule has 9 nitrogen and oxygen atoms in total. The number of rotatable bonds is 7. The summed E-state index contributed by atoms with van der Waals surface area (Å²) in [6.45, 7) is -0.371. The molecular formula is C14H16N3O6P. The zero-order valence-electron chi connectivity index (χ0n) is 13.3. The molecule has 0 fully saturated rings. The van der Waals surface area contributed by atoms with Crippen molar-refractivity contribution in [2.75, 3.05) is 27.9 Å². The Morgan fingerprint density at radius 1 is 1.17 bits per heavy atom. The predicted molar refractivity (Wildman–Crippen MR) is 86.9 cm³/mol. The summed E-state index contributed by atoms with van der Waals surface area (Å²) in [5.74, 6) is -0.537. The molecule has 2 rings (SSSR count). The summed E-state index contributed by atoms with van der Waals surface area (Å²) >= 11 is 0. The van der Waals surface area contributed by atoms with Crippen LogP contribution in [0.25, 0.3) is 11.0 Å². The largest absolute Gasteiger partial charge is 0.422 e. The summed E-state index contributed by atoms with van der Waals surface area (Å²) in [5, 5.41) is 7.74. The molecule has 1 aromatic heterocycles. The highest BCUT2D eigenvalue weighted by Gasteiger charge is 2.18. The molecule has 0 saturated heterocycles. The van der Waals surface area contributed by atoms with Crippen molar-refractivity contribution in [2.45, 2.75) is 0 Å². The zero-order valence-corrected chi connectivity index (χ0v) is 14.2. The first-order valence-corrected chi connectivity index (χ1v) is 8.26. The van der Waals surface area contributed by atoms with Crippen molar-refractivity contribution in [3.8, 4) is 0 Å². The number of hydrogen-bond acceptors (Lipinski definition) is 7. The van der Waals surface area contributed by atoms with Crippen molar-refractivity contribution in [2.24, 2.45) is 15.2 Å². The molecule has 10 heteroatoms. The van der Waals surface area contributed by atoms with E-state index in [9.17, 15) is 9.59 Å². The quantitative estimate of drug-likeness (QED) is 0.248. The number of benzene rings is 1. The molecule has 0 aliphatic carbocycles. The van der Waals surface area contributed by atoms with Gasteiger partial charge in [0.25, 0.3) is 0 Å².